The smallest absolute Gasteiger partial charge is 0.310 e. The van der Waals surface area contributed by atoms with Crippen LogP contribution in [0.5, 0.6) is 0 Å². The molecule has 1 aromatic heterocycles. The summed E-state index contributed by atoms with van der Waals surface area (Å²) in [5.41, 5.74) is 0. The van der Waals surface area contributed by atoms with Crippen LogP contribution in [0.2, 0.25) is 0 Å². The van der Waals surface area contributed by atoms with Crippen molar-refractivity contribution >= 4 is 6.41 Å². The van der Waals surface area contributed by atoms with E-state index in [9.17, 15) is 4.79 Å². The fourth-order valence-corrected chi connectivity index (χ4v) is 0.599. The molecule has 0 spiro atoms. The Hall–Kier alpha value is -1.25. The van der Waals surface area contributed by atoms with Crippen molar-refractivity contribution in [3.05, 3.63) is 24.5 Å². The molecule has 1 amide bonds. The maximum Gasteiger partial charge on any atom is 0.310 e. The average Bonchev–Trinajstić information content (AvgIpc) is 2.34. The van der Waals surface area contributed by atoms with Gasteiger partial charge in [0.1, 0.15) is 0 Å². The molecule has 0 aliphatic carbocycles. The summed E-state index contributed by atoms with van der Waals surface area (Å²) >= 11 is 0. The van der Waals surface area contributed by atoms with Crippen molar-refractivity contribution in [1.29, 1.82) is 0 Å². The van der Waals surface area contributed by atoms with Gasteiger partial charge in [-0.1, -0.05) is 0 Å². The van der Waals surface area contributed by atoms with Gasteiger partial charge in [-0.25, -0.2) is 0 Å². The number of rotatable bonds is 3. The van der Waals surface area contributed by atoms with E-state index in [0.717, 1.165) is 0 Å². The normalized spacial score (nSPS) is 8.89. The van der Waals surface area contributed by atoms with E-state index >= 15 is 0 Å². The number of hydrogen-bond donors (Lipinski definition) is 1. The molecule has 0 bridgehead atoms. The standard InChI is InChI=1S/C6H7N2O/c9-6-7-5-8-3-1-2-4-8/h1-4H,5H2,(H,7,9). The third kappa shape index (κ3) is 1.60. The molecule has 0 atom stereocenters. The lowest BCUT2D eigenvalue weighted by Gasteiger charge is -1.96. The molecule has 1 rings (SSSR count). The van der Waals surface area contributed by atoms with Crippen LogP contribution in [0.4, 0.5) is 0 Å². The predicted molar refractivity (Wildman–Crippen MR) is 33.3 cm³/mol. The second kappa shape index (κ2) is 2.91. The summed E-state index contributed by atoms with van der Waals surface area (Å²) in [6, 6.07) is 3.79. The van der Waals surface area contributed by atoms with Gasteiger partial charge < -0.3 is 9.88 Å². The Morgan fingerprint density at radius 1 is 1.44 bits per heavy atom. The molecule has 0 saturated carbocycles. The highest BCUT2D eigenvalue weighted by Gasteiger charge is 1.82. The topological polar surface area (TPSA) is 34.0 Å². The largest absolute Gasteiger partial charge is 0.336 e. The molecule has 3 nitrogen and oxygen atoms in total. The van der Waals surface area contributed by atoms with E-state index in [1.807, 2.05) is 29.1 Å². The first kappa shape index (κ1) is 5.88. The number of nitrogens with one attached hydrogen (secondary N) is 1. The van der Waals surface area contributed by atoms with Crippen LogP contribution < -0.4 is 5.32 Å². The fourth-order valence-electron chi connectivity index (χ4n) is 0.599. The molecule has 0 fully saturated rings. The quantitative estimate of drug-likeness (QED) is 0.568. The third-order valence-corrected chi connectivity index (χ3v) is 1.000. The highest BCUT2D eigenvalue weighted by molar-refractivity contribution is 5.46. The summed E-state index contributed by atoms with van der Waals surface area (Å²) in [7, 11) is 0. The van der Waals surface area contributed by atoms with Gasteiger partial charge in [-0.15, -0.1) is 0 Å². The second-order valence-corrected chi connectivity index (χ2v) is 1.63. The van der Waals surface area contributed by atoms with Crippen LogP contribution in [0, 0.1) is 0 Å². The first-order valence-corrected chi connectivity index (χ1v) is 2.64. The second-order valence-electron chi connectivity index (χ2n) is 1.63. The van der Waals surface area contributed by atoms with Crippen LogP contribution in [-0.4, -0.2) is 11.0 Å². The summed E-state index contributed by atoms with van der Waals surface area (Å²) in [6.45, 7) is 0.497. The van der Waals surface area contributed by atoms with Gasteiger partial charge in [0.15, 0.2) is 0 Å². The monoisotopic (exact) mass is 123 g/mol. The molecule has 1 radical (unpaired) electrons. The minimum Gasteiger partial charge on any atom is -0.336 e. The number of amides is 1. The Balaban J connectivity index is 2.38. The summed E-state index contributed by atoms with van der Waals surface area (Å²) in [5.74, 6) is 0. The molecule has 0 aliphatic heterocycles. The third-order valence-electron chi connectivity index (χ3n) is 1.000. The molecule has 0 aliphatic rings. The van der Waals surface area contributed by atoms with Crippen LogP contribution in [0.3, 0.4) is 0 Å². The van der Waals surface area contributed by atoms with Gasteiger partial charge in [0, 0.05) is 12.4 Å². The van der Waals surface area contributed by atoms with E-state index in [2.05, 4.69) is 5.32 Å². The zero-order chi connectivity index (χ0) is 6.53. The molecular weight excluding hydrogens is 116 g/mol. The van der Waals surface area contributed by atoms with E-state index in [1.165, 1.54) is 0 Å². The number of hydrogen-bond acceptors (Lipinski definition) is 1. The molecule has 3 heteroatoms. The Kier molecular flexibility index (Phi) is 1.90. The number of nitrogens with zero attached hydrogens (tertiary/aromatic N) is 1. The van der Waals surface area contributed by atoms with Crippen molar-refractivity contribution in [2.24, 2.45) is 0 Å². The number of carbonyl (C=O) groups excluding carboxylic acids is 1. The Morgan fingerprint density at radius 3 is 2.67 bits per heavy atom. The summed E-state index contributed by atoms with van der Waals surface area (Å²) < 4.78 is 1.84. The lowest BCUT2D eigenvalue weighted by molar-refractivity contribution is 0.527. The maximum atomic E-state index is 9.65. The van der Waals surface area contributed by atoms with Crippen molar-refractivity contribution in [2.45, 2.75) is 6.67 Å². The van der Waals surface area contributed by atoms with Gasteiger partial charge in [0.05, 0.1) is 6.67 Å². The highest BCUT2D eigenvalue weighted by Crippen LogP contribution is 1.85. The molecule has 0 unspecified atom stereocenters. The highest BCUT2D eigenvalue weighted by atomic mass is 16.1. The molecule has 9 heavy (non-hydrogen) atoms. The Morgan fingerprint density at radius 2 is 2.11 bits per heavy atom. The van der Waals surface area contributed by atoms with Gasteiger partial charge in [0.25, 0.3) is 0 Å². The molecular formula is C6H7N2O. The zero-order valence-corrected chi connectivity index (χ0v) is 4.87. The van der Waals surface area contributed by atoms with Crippen LogP contribution in [0.1, 0.15) is 0 Å². The Bertz CT molecular complexity index is 169. The SMILES string of the molecule is O=[C]NCn1cccc1. The van der Waals surface area contributed by atoms with Gasteiger partial charge >= 0.3 is 6.41 Å². The summed E-state index contributed by atoms with van der Waals surface area (Å²) in [6.07, 6.45) is 5.32. The van der Waals surface area contributed by atoms with Gasteiger partial charge in [0.2, 0.25) is 0 Å². The Labute approximate surface area is 53.3 Å². The van der Waals surface area contributed by atoms with Gasteiger partial charge in [-0.3, -0.25) is 4.79 Å². The average molecular weight is 123 g/mol. The van der Waals surface area contributed by atoms with E-state index in [0.29, 0.717) is 6.67 Å². The molecule has 0 aromatic carbocycles. The van der Waals surface area contributed by atoms with Gasteiger partial charge in [-0.05, 0) is 12.1 Å². The van der Waals surface area contributed by atoms with E-state index < -0.39 is 0 Å². The van der Waals surface area contributed by atoms with Crippen molar-refractivity contribution in [3.63, 3.8) is 0 Å². The van der Waals surface area contributed by atoms with Crippen molar-refractivity contribution in [1.82, 2.24) is 9.88 Å². The van der Waals surface area contributed by atoms with E-state index in [4.69, 9.17) is 0 Å². The molecule has 1 aromatic rings. The van der Waals surface area contributed by atoms with E-state index in [1.54, 1.807) is 6.41 Å². The molecule has 1 heterocycles. The summed E-state index contributed by atoms with van der Waals surface area (Å²) in [4.78, 5) is 9.65. The van der Waals surface area contributed by atoms with Crippen molar-refractivity contribution < 1.29 is 4.79 Å². The van der Waals surface area contributed by atoms with Crippen LogP contribution in [0.15, 0.2) is 24.5 Å². The van der Waals surface area contributed by atoms with Crippen LogP contribution >= 0.6 is 0 Å². The molecule has 47 valence electrons. The van der Waals surface area contributed by atoms with Crippen LogP contribution in [-0.2, 0) is 11.5 Å². The van der Waals surface area contributed by atoms with Crippen LogP contribution in [0.25, 0.3) is 0 Å². The first-order chi connectivity index (χ1) is 4.43. The minimum atomic E-state index is 0.497. The number of aromatic nitrogens is 1. The van der Waals surface area contributed by atoms with Gasteiger partial charge in [-0.2, -0.15) is 0 Å². The molecule has 1 N–H and O–H groups in total. The molecule has 0 saturated heterocycles. The minimum absolute atomic E-state index is 0.497. The lowest BCUT2D eigenvalue weighted by atomic mass is 10.7. The first-order valence-electron chi connectivity index (χ1n) is 2.64. The lowest BCUT2D eigenvalue weighted by Crippen LogP contribution is -2.14. The van der Waals surface area contributed by atoms with E-state index in [-0.39, 0.29) is 0 Å². The van der Waals surface area contributed by atoms with Crippen molar-refractivity contribution in [3.8, 4) is 0 Å². The zero-order valence-electron chi connectivity index (χ0n) is 4.87. The summed E-state index contributed by atoms with van der Waals surface area (Å²) in [5, 5.41) is 2.41. The predicted octanol–water partition coefficient (Wildman–Crippen LogP) is 0.102. The maximum absolute atomic E-state index is 9.65. The van der Waals surface area contributed by atoms with Crippen molar-refractivity contribution in [2.75, 3.05) is 0 Å². The fraction of sp³-hybridized carbons (Fsp3) is 0.167.